The molecule has 2 rings (SSSR count). The highest BCUT2D eigenvalue weighted by atomic mass is 79.9. The zero-order chi connectivity index (χ0) is 14.5. The minimum atomic E-state index is 0.229. The zero-order valence-electron chi connectivity index (χ0n) is 11.5. The highest BCUT2D eigenvalue weighted by molar-refractivity contribution is 9.10. The van der Waals surface area contributed by atoms with E-state index in [1.807, 2.05) is 36.4 Å². The normalized spacial score (nSPS) is 12.2. The summed E-state index contributed by atoms with van der Waals surface area (Å²) in [5.74, 6) is 0.861. The fourth-order valence-corrected chi connectivity index (χ4v) is 2.56. The molecule has 0 bridgehead atoms. The standard InChI is InChI=1S/C16H17BrClNO/c1-11(12-4-3-5-14(18)8-12)19-10-13-9-15(20-2)6-7-16(13)17/h3-9,11,19H,10H2,1-2H3/t11-/m0/s1. The molecule has 1 atom stereocenters. The third-order valence-electron chi connectivity index (χ3n) is 3.20. The molecule has 0 saturated carbocycles. The second kappa shape index (κ2) is 7.11. The molecule has 0 aliphatic carbocycles. The minimum absolute atomic E-state index is 0.229. The van der Waals surface area contributed by atoms with E-state index in [0.29, 0.717) is 0 Å². The van der Waals surface area contributed by atoms with Crippen molar-refractivity contribution < 1.29 is 4.74 Å². The Morgan fingerprint density at radius 1 is 1.25 bits per heavy atom. The van der Waals surface area contributed by atoms with Gasteiger partial charge in [-0.1, -0.05) is 39.7 Å². The fourth-order valence-electron chi connectivity index (χ4n) is 1.97. The number of rotatable bonds is 5. The van der Waals surface area contributed by atoms with E-state index in [0.717, 1.165) is 21.8 Å². The van der Waals surface area contributed by atoms with Gasteiger partial charge in [0.2, 0.25) is 0 Å². The van der Waals surface area contributed by atoms with Crippen molar-refractivity contribution >= 4 is 27.5 Å². The molecular weight excluding hydrogens is 338 g/mol. The van der Waals surface area contributed by atoms with Crippen LogP contribution in [0.5, 0.6) is 5.75 Å². The Morgan fingerprint density at radius 3 is 2.75 bits per heavy atom. The zero-order valence-corrected chi connectivity index (χ0v) is 13.8. The number of benzene rings is 2. The van der Waals surface area contributed by atoms with E-state index in [2.05, 4.69) is 34.2 Å². The van der Waals surface area contributed by atoms with E-state index >= 15 is 0 Å². The van der Waals surface area contributed by atoms with Crippen LogP contribution < -0.4 is 10.1 Å². The smallest absolute Gasteiger partial charge is 0.119 e. The van der Waals surface area contributed by atoms with Crippen molar-refractivity contribution in [3.63, 3.8) is 0 Å². The predicted molar refractivity (Wildman–Crippen MR) is 87.4 cm³/mol. The first-order chi connectivity index (χ1) is 9.60. The van der Waals surface area contributed by atoms with Gasteiger partial charge < -0.3 is 10.1 Å². The summed E-state index contributed by atoms with van der Waals surface area (Å²) in [5.41, 5.74) is 2.34. The van der Waals surface area contributed by atoms with Gasteiger partial charge in [-0.25, -0.2) is 0 Å². The van der Waals surface area contributed by atoms with Crippen LogP contribution in [0.25, 0.3) is 0 Å². The summed E-state index contributed by atoms with van der Waals surface area (Å²) in [4.78, 5) is 0. The Bertz CT molecular complexity index is 588. The second-order valence-electron chi connectivity index (χ2n) is 4.61. The van der Waals surface area contributed by atoms with Crippen LogP contribution in [0.15, 0.2) is 46.9 Å². The summed E-state index contributed by atoms with van der Waals surface area (Å²) in [6.07, 6.45) is 0. The van der Waals surface area contributed by atoms with Gasteiger partial charge in [0.25, 0.3) is 0 Å². The molecule has 4 heteroatoms. The molecule has 106 valence electrons. The molecule has 0 spiro atoms. The van der Waals surface area contributed by atoms with Gasteiger partial charge in [0.15, 0.2) is 0 Å². The van der Waals surface area contributed by atoms with Crippen molar-refractivity contribution in [1.82, 2.24) is 5.32 Å². The van der Waals surface area contributed by atoms with E-state index in [1.54, 1.807) is 7.11 Å². The van der Waals surface area contributed by atoms with Crippen LogP contribution in [0, 0.1) is 0 Å². The summed E-state index contributed by atoms with van der Waals surface area (Å²) in [5, 5.41) is 4.25. The number of hydrogen-bond acceptors (Lipinski definition) is 2. The Morgan fingerprint density at radius 2 is 2.05 bits per heavy atom. The SMILES string of the molecule is COc1ccc(Br)c(CN[C@@H](C)c2cccc(Cl)c2)c1. The molecule has 0 radical (unpaired) electrons. The van der Waals surface area contributed by atoms with Crippen molar-refractivity contribution in [2.24, 2.45) is 0 Å². The second-order valence-corrected chi connectivity index (χ2v) is 5.91. The maximum atomic E-state index is 6.02. The van der Waals surface area contributed by atoms with Gasteiger partial charge in [-0.05, 0) is 48.4 Å². The Balaban J connectivity index is 2.05. The summed E-state index contributed by atoms with van der Waals surface area (Å²) < 4.78 is 6.32. The van der Waals surface area contributed by atoms with Gasteiger partial charge in [0.05, 0.1) is 7.11 Å². The Labute approximate surface area is 133 Å². The van der Waals surface area contributed by atoms with E-state index in [1.165, 1.54) is 11.1 Å². The van der Waals surface area contributed by atoms with Crippen LogP contribution in [0.1, 0.15) is 24.1 Å². The van der Waals surface area contributed by atoms with Gasteiger partial charge in [-0.15, -0.1) is 0 Å². The first-order valence-corrected chi connectivity index (χ1v) is 7.58. The molecule has 2 aromatic rings. The lowest BCUT2D eigenvalue weighted by Gasteiger charge is -2.16. The van der Waals surface area contributed by atoms with Crippen LogP contribution in [0.2, 0.25) is 5.02 Å². The van der Waals surface area contributed by atoms with Crippen molar-refractivity contribution in [3.05, 3.63) is 63.1 Å². The third-order valence-corrected chi connectivity index (χ3v) is 4.21. The Hall–Kier alpha value is -1.03. The van der Waals surface area contributed by atoms with Gasteiger partial charge in [0.1, 0.15) is 5.75 Å². The van der Waals surface area contributed by atoms with Crippen LogP contribution in [0.4, 0.5) is 0 Å². The molecule has 0 fully saturated rings. The number of nitrogens with one attached hydrogen (secondary N) is 1. The first-order valence-electron chi connectivity index (χ1n) is 6.41. The highest BCUT2D eigenvalue weighted by Crippen LogP contribution is 2.24. The minimum Gasteiger partial charge on any atom is -0.497 e. The molecule has 2 nitrogen and oxygen atoms in total. The fraction of sp³-hybridized carbons (Fsp3) is 0.250. The molecule has 0 heterocycles. The average Bonchev–Trinajstić information content (AvgIpc) is 2.46. The lowest BCUT2D eigenvalue weighted by molar-refractivity contribution is 0.413. The number of halogens is 2. The van der Waals surface area contributed by atoms with Crippen LogP contribution >= 0.6 is 27.5 Å². The summed E-state index contributed by atoms with van der Waals surface area (Å²) >= 11 is 9.58. The van der Waals surface area contributed by atoms with Gasteiger partial charge >= 0.3 is 0 Å². The molecular formula is C16H17BrClNO. The maximum absolute atomic E-state index is 6.02. The van der Waals surface area contributed by atoms with E-state index in [9.17, 15) is 0 Å². The van der Waals surface area contributed by atoms with Gasteiger partial charge in [-0.2, -0.15) is 0 Å². The largest absolute Gasteiger partial charge is 0.497 e. The monoisotopic (exact) mass is 353 g/mol. The lowest BCUT2D eigenvalue weighted by atomic mass is 10.1. The molecule has 0 aliphatic heterocycles. The van der Waals surface area contributed by atoms with Crippen molar-refractivity contribution in [2.45, 2.75) is 19.5 Å². The number of ether oxygens (including phenoxy) is 1. The highest BCUT2D eigenvalue weighted by Gasteiger charge is 2.07. The van der Waals surface area contributed by atoms with Crippen molar-refractivity contribution in [3.8, 4) is 5.75 Å². The molecule has 0 saturated heterocycles. The molecule has 0 aromatic heterocycles. The summed E-state index contributed by atoms with van der Waals surface area (Å²) in [6, 6.07) is 14.1. The number of hydrogen-bond donors (Lipinski definition) is 1. The van der Waals surface area contributed by atoms with Gasteiger partial charge in [0, 0.05) is 22.1 Å². The van der Waals surface area contributed by atoms with Crippen LogP contribution in [0.3, 0.4) is 0 Å². The van der Waals surface area contributed by atoms with Gasteiger partial charge in [-0.3, -0.25) is 0 Å². The number of methoxy groups -OCH3 is 1. The predicted octanol–water partition coefficient (Wildman–Crippen LogP) is 4.96. The maximum Gasteiger partial charge on any atom is 0.119 e. The molecule has 0 unspecified atom stereocenters. The average molecular weight is 355 g/mol. The molecule has 0 aliphatic rings. The summed E-state index contributed by atoms with van der Waals surface area (Å²) in [6.45, 7) is 2.88. The molecule has 20 heavy (non-hydrogen) atoms. The molecule has 1 N–H and O–H groups in total. The molecule has 2 aromatic carbocycles. The van der Waals surface area contributed by atoms with Crippen LogP contribution in [-0.4, -0.2) is 7.11 Å². The van der Waals surface area contributed by atoms with E-state index < -0.39 is 0 Å². The third kappa shape index (κ3) is 3.98. The summed E-state index contributed by atoms with van der Waals surface area (Å²) in [7, 11) is 1.68. The van der Waals surface area contributed by atoms with Crippen molar-refractivity contribution in [2.75, 3.05) is 7.11 Å². The molecule has 0 amide bonds. The Kier molecular flexibility index (Phi) is 5.46. The first kappa shape index (κ1) is 15.4. The van der Waals surface area contributed by atoms with Crippen LogP contribution in [-0.2, 0) is 6.54 Å². The lowest BCUT2D eigenvalue weighted by Crippen LogP contribution is -2.18. The van der Waals surface area contributed by atoms with E-state index in [-0.39, 0.29) is 6.04 Å². The quantitative estimate of drug-likeness (QED) is 0.819. The topological polar surface area (TPSA) is 21.3 Å². The van der Waals surface area contributed by atoms with Crippen molar-refractivity contribution in [1.29, 1.82) is 0 Å². The van der Waals surface area contributed by atoms with E-state index in [4.69, 9.17) is 16.3 Å².